The summed E-state index contributed by atoms with van der Waals surface area (Å²) in [5, 5.41) is 41.6. The number of aliphatic hydroxyl groups is 4. The van der Waals surface area contributed by atoms with Crippen molar-refractivity contribution in [3.63, 3.8) is 0 Å². The molecule has 3 atom stereocenters. The van der Waals surface area contributed by atoms with Gasteiger partial charge in [0.05, 0.1) is 13.2 Å². The lowest BCUT2D eigenvalue weighted by Gasteiger charge is -2.21. The number of hydrogen-bond donors (Lipinski definition) is 5. The van der Waals surface area contributed by atoms with Crippen LogP contribution in [0.5, 0.6) is 0 Å². The highest BCUT2D eigenvalue weighted by atomic mass is 16.4. The summed E-state index contributed by atoms with van der Waals surface area (Å²) in [6, 6.07) is 0. The van der Waals surface area contributed by atoms with Gasteiger partial charge in [0, 0.05) is 6.42 Å². The Labute approximate surface area is 114 Å². The van der Waals surface area contributed by atoms with Crippen LogP contribution in [0, 0.1) is 11.3 Å². The van der Waals surface area contributed by atoms with Crippen LogP contribution in [-0.4, -0.2) is 56.9 Å². The summed E-state index contributed by atoms with van der Waals surface area (Å²) in [5.41, 5.74) is 0.245. The SMILES string of the molecule is CC(CC(=O)O)CC(C)(C)C.OC[C@@H](O)[C@@H](O)CO. The fourth-order valence-corrected chi connectivity index (χ4v) is 1.66. The van der Waals surface area contributed by atoms with Crippen LogP contribution >= 0.6 is 0 Å². The molecule has 116 valence electrons. The minimum absolute atomic E-state index is 0.245. The number of carbonyl (C=O) groups is 1. The van der Waals surface area contributed by atoms with E-state index in [1.807, 2.05) is 6.92 Å². The predicted octanol–water partition coefficient (Wildman–Crippen LogP) is 0.226. The molecule has 0 aromatic heterocycles. The molecule has 1 unspecified atom stereocenters. The smallest absolute Gasteiger partial charge is 0.303 e. The van der Waals surface area contributed by atoms with Crippen LogP contribution in [0.25, 0.3) is 0 Å². The molecule has 0 aliphatic carbocycles. The lowest BCUT2D eigenvalue weighted by molar-refractivity contribution is -0.138. The molecule has 19 heavy (non-hydrogen) atoms. The average molecular weight is 280 g/mol. The van der Waals surface area contributed by atoms with Gasteiger partial charge in [0.25, 0.3) is 0 Å². The number of aliphatic carboxylic acids is 1. The first-order valence-corrected chi connectivity index (χ1v) is 6.33. The molecule has 5 N–H and O–H groups in total. The minimum Gasteiger partial charge on any atom is -0.481 e. The molecule has 0 rings (SSSR count). The molecule has 0 aliphatic rings. The second-order valence-electron chi connectivity index (χ2n) is 5.97. The highest BCUT2D eigenvalue weighted by molar-refractivity contribution is 5.66. The van der Waals surface area contributed by atoms with Crippen LogP contribution in [0.4, 0.5) is 0 Å². The average Bonchev–Trinajstić information content (AvgIpc) is 2.23. The van der Waals surface area contributed by atoms with Crippen LogP contribution in [0.3, 0.4) is 0 Å². The van der Waals surface area contributed by atoms with E-state index in [0.29, 0.717) is 0 Å². The molecule has 0 fully saturated rings. The van der Waals surface area contributed by atoms with Crippen molar-refractivity contribution in [2.24, 2.45) is 11.3 Å². The van der Waals surface area contributed by atoms with Gasteiger partial charge in [0.15, 0.2) is 0 Å². The van der Waals surface area contributed by atoms with Gasteiger partial charge >= 0.3 is 5.97 Å². The first kappa shape index (κ1) is 20.6. The maximum absolute atomic E-state index is 10.3. The van der Waals surface area contributed by atoms with Crippen molar-refractivity contribution >= 4 is 5.97 Å². The molecule has 0 aromatic rings. The van der Waals surface area contributed by atoms with Gasteiger partial charge in [-0.15, -0.1) is 0 Å². The molecule has 0 heterocycles. The van der Waals surface area contributed by atoms with E-state index in [-0.39, 0.29) is 17.8 Å². The zero-order valence-corrected chi connectivity index (χ0v) is 12.2. The van der Waals surface area contributed by atoms with E-state index in [1.165, 1.54) is 0 Å². The van der Waals surface area contributed by atoms with E-state index in [4.69, 9.17) is 25.5 Å². The first-order valence-electron chi connectivity index (χ1n) is 6.33. The van der Waals surface area contributed by atoms with Gasteiger partial charge < -0.3 is 25.5 Å². The van der Waals surface area contributed by atoms with Crippen LogP contribution in [0.2, 0.25) is 0 Å². The predicted molar refractivity (Wildman–Crippen MR) is 71.7 cm³/mol. The monoisotopic (exact) mass is 280 g/mol. The molecule has 0 saturated carbocycles. The third-order valence-electron chi connectivity index (χ3n) is 2.30. The zero-order valence-electron chi connectivity index (χ0n) is 12.2. The van der Waals surface area contributed by atoms with Gasteiger partial charge in [0.2, 0.25) is 0 Å². The van der Waals surface area contributed by atoms with E-state index in [1.54, 1.807) is 0 Å². The molecular formula is C13H28O6. The maximum atomic E-state index is 10.3. The number of hydrogen-bond acceptors (Lipinski definition) is 5. The van der Waals surface area contributed by atoms with Gasteiger partial charge in [-0.05, 0) is 17.8 Å². The lowest BCUT2D eigenvalue weighted by atomic mass is 9.84. The Balaban J connectivity index is 0. The number of carboxylic acids is 1. The van der Waals surface area contributed by atoms with Gasteiger partial charge in [-0.3, -0.25) is 4.79 Å². The van der Waals surface area contributed by atoms with Crippen LogP contribution in [-0.2, 0) is 4.79 Å². The minimum atomic E-state index is -1.22. The molecule has 0 spiro atoms. The Kier molecular flexibility index (Phi) is 11.0. The van der Waals surface area contributed by atoms with Crippen molar-refractivity contribution in [2.75, 3.05) is 13.2 Å². The molecule has 0 amide bonds. The van der Waals surface area contributed by atoms with E-state index in [2.05, 4.69) is 20.8 Å². The molecular weight excluding hydrogens is 252 g/mol. The normalized spacial score (nSPS) is 16.0. The second-order valence-corrected chi connectivity index (χ2v) is 5.97. The van der Waals surface area contributed by atoms with Crippen LogP contribution in [0.1, 0.15) is 40.5 Å². The molecule has 0 saturated heterocycles. The van der Waals surface area contributed by atoms with Crippen molar-refractivity contribution < 1.29 is 30.3 Å². The van der Waals surface area contributed by atoms with Crippen molar-refractivity contribution in [3.8, 4) is 0 Å². The standard InChI is InChI=1S/C9H18O2.C4H10O4/c1-7(5-8(10)11)6-9(2,3)4;5-1-3(7)4(8)2-6/h7H,5-6H2,1-4H3,(H,10,11);3-8H,1-2H2/t;3-,4+. The van der Waals surface area contributed by atoms with Gasteiger partial charge in [0.1, 0.15) is 12.2 Å². The molecule has 0 radical (unpaired) electrons. The number of aliphatic hydroxyl groups excluding tert-OH is 4. The summed E-state index contributed by atoms with van der Waals surface area (Å²) < 4.78 is 0. The topological polar surface area (TPSA) is 118 Å². The van der Waals surface area contributed by atoms with Gasteiger partial charge in [-0.25, -0.2) is 0 Å². The Hall–Kier alpha value is -0.690. The largest absolute Gasteiger partial charge is 0.481 e. The Morgan fingerprint density at radius 3 is 1.63 bits per heavy atom. The summed E-state index contributed by atoms with van der Waals surface area (Å²) in [5.74, 6) is -0.408. The summed E-state index contributed by atoms with van der Waals surface area (Å²) in [6.07, 6.45) is -1.18. The van der Waals surface area contributed by atoms with E-state index < -0.39 is 31.4 Å². The summed E-state index contributed by atoms with van der Waals surface area (Å²) >= 11 is 0. The first-order chi connectivity index (χ1) is 8.53. The van der Waals surface area contributed by atoms with Crippen LogP contribution < -0.4 is 0 Å². The summed E-state index contributed by atoms with van der Waals surface area (Å²) in [7, 11) is 0. The fraction of sp³-hybridized carbons (Fsp3) is 0.923. The van der Waals surface area contributed by atoms with Gasteiger partial charge in [-0.1, -0.05) is 27.7 Å². The van der Waals surface area contributed by atoms with E-state index >= 15 is 0 Å². The highest BCUT2D eigenvalue weighted by Gasteiger charge is 2.16. The van der Waals surface area contributed by atoms with Crippen molar-refractivity contribution in [2.45, 2.75) is 52.7 Å². The highest BCUT2D eigenvalue weighted by Crippen LogP contribution is 2.25. The van der Waals surface area contributed by atoms with Crippen molar-refractivity contribution in [3.05, 3.63) is 0 Å². The second kappa shape index (κ2) is 10.1. The fourth-order valence-electron chi connectivity index (χ4n) is 1.66. The molecule has 0 aliphatic heterocycles. The summed E-state index contributed by atoms with van der Waals surface area (Å²) in [4.78, 5) is 10.3. The Bertz CT molecular complexity index is 228. The maximum Gasteiger partial charge on any atom is 0.303 e. The molecule has 6 heteroatoms. The molecule has 0 bridgehead atoms. The Morgan fingerprint density at radius 1 is 1.05 bits per heavy atom. The quantitative estimate of drug-likeness (QED) is 0.475. The lowest BCUT2D eigenvalue weighted by Crippen LogP contribution is -2.31. The summed E-state index contributed by atoms with van der Waals surface area (Å²) in [6.45, 7) is 7.32. The van der Waals surface area contributed by atoms with Crippen molar-refractivity contribution in [1.82, 2.24) is 0 Å². The van der Waals surface area contributed by atoms with Crippen molar-refractivity contribution in [1.29, 1.82) is 0 Å². The Morgan fingerprint density at radius 2 is 1.42 bits per heavy atom. The van der Waals surface area contributed by atoms with Crippen LogP contribution in [0.15, 0.2) is 0 Å². The molecule has 6 nitrogen and oxygen atoms in total. The number of carboxylic acid groups (broad SMARTS) is 1. The zero-order chi connectivity index (χ0) is 15.6. The van der Waals surface area contributed by atoms with Gasteiger partial charge in [-0.2, -0.15) is 0 Å². The molecule has 0 aromatic carbocycles. The third kappa shape index (κ3) is 15.3. The number of rotatable bonds is 6. The van der Waals surface area contributed by atoms with E-state index in [9.17, 15) is 4.79 Å². The third-order valence-corrected chi connectivity index (χ3v) is 2.30. The van der Waals surface area contributed by atoms with E-state index in [0.717, 1.165) is 6.42 Å².